The van der Waals surface area contributed by atoms with Crippen molar-refractivity contribution in [2.24, 2.45) is 0 Å². The highest BCUT2D eigenvalue weighted by Gasteiger charge is 2.36. The fourth-order valence-electron chi connectivity index (χ4n) is 17.0. The summed E-state index contributed by atoms with van der Waals surface area (Å²) in [4.78, 5) is 91.4. The summed E-state index contributed by atoms with van der Waals surface area (Å²) in [6, 6.07) is 0. The Hall–Kier alpha value is -4.80. The van der Waals surface area contributed by atoms with Crippen molar-refractivity contribution in [3.05, 3.63) is 0 Å². The predicted octanol–water partition coefficient (Wildman–Crippen LogP) is 16.3. The molecule has 0 aromatic heterocycles. The van der Waals surface area contributed by atoms with Crippen LogP contribution in [0, 0.1) is 0 Å². The second-order valence-electron chi connectivity index (χ2n) is 50.0. The smallest absolute Gasteiger partial charge is 0.317 e. The first-order chi connectivity index (χ1) is 67.7. The Morgan fingerprint density at radius 2 is 0.267 bits per heavy atom. The zero-order chi connectivity index (χ0) is 114. The summed E-state index contributed by atoms with van der Waals surface area (Å²) in [7, 11) is 48.6. The second-order valence-corrected chi connectivity index (χ2v) is 50.0. The number of carbonyl (C=O) groups is 8. The number of hydrogen-bond acceptors (Lipinski definition) is 16. The third kappa shape index (κ3) is 98.6. The maximum absolute atomic E-state index is 11.5. The minimum absolute atomic E-state index is 0.0837. The van der Waals surface area contributed by atoms with Crippen LogP contribution in [-0.4, -0.2) is 542 Å². The first-order valence-corrected chi connectivity index (χ1v) is 58.5. The van der Waals surface area contributed by atoms with Crippen LogP contribution in [0.25, 0.3) is 0 Å². The van der Waals surface area contributed by atoms with Crippen LogP contribution in [0.15, 0.2) is 0 Å². The Kier molecular flexibility index (Phi) is 91.3. The zero-order valence-electron chi connectivity index (χ0n) is 105. The van der Waals surface area contributed by atoms with Crippen LogP contribution in [-0.2, 0) is 76.3 Å². The molecule has 0 aliphatic rings. The minimum Gasteiger partial charge on any atom is -0.460 e. The van der Waals surface area contributed by atoms with Gasteiger partial charge in [-0.05, 0) is 125 Å². The lowest BCUT2D eigenvalue weighted by Gasteiger charge is -2.45. The van der Waals surface area contributed by atoms with Gasteiger partial charge in [-0.3, -0.25) is 38.4 Å². The lowest BCUT2D eigenvalue weighted by Crippen LogP contribution is -2.59. The van der Waals surface area contributed by atoms with Crippen molar-refractivity contribution in [2.75, 3.05) is 431 Å². The lowest BCUT2D eigenvalue weighted by atomic mass is 10.1. The van der Waals surface area contributed by atoms with E-state index in [2.05, 4.69) is 125 Å². The van der Waals surface area contributed by atoms with Crippen molar-refractivity contribution in [2.45, 2.75) is 292 Å². The molecule has 0 heterocycles. The predicted molar refractivity (Wildman–Crippen MR) is 611 cm³/mol. The van der Waals surface area contributed by atoms with Gasteiger partial charge < -0.3 is 101 Å². The van der Waals surface area contributed by atoms with Gasteiger partial charge in [0.2, 0.25) is 0 Å². The molecule has 0 N–H and O–H groups in total. The maximum atomic E-state index is 11.5. The minimum atomic E-state index is -0.524. The fourth-order valence-corrected chi connectivity index (χ4v) is 17.0. The van der Waals surface area contributed by atoms with E-state index in [4.69, 9.17) is 37.9 Å². The number of unbranched alkanes of at least 4 members (excludes halogenated alkanes) is 6. The van der Waals surface area contributed by atoms with E-state index in [1.165, 1.54) is 300 Å². The molecule has 0 bridgehead atoms. The Labute approximate surface area is 905 Å². The molecule has 0 unspecified atom stereocenters. The van der Waals surface area contributed by atoms with Gasteiger partial charge in [-0.15, -0.1) is 0 Å². The molecular formula is C116H258N14O16+14. The lowest BCUT2D eigenvalue weighted by molar-refractivity contribution is -0.981. The molecule has 0 aromatic carbocycles. The summed E-state index contributed by atoms with van der Waals surface area (Å²) in [6.45, 7) is 84.2. The van der Waals surface area contributed by atoms with Gasteiger partial charge in [-0.25, -0.2) is 0 Å². The van der Waals surface area contributed by atoms with Gasteiger partial charge in [0.25, 0.3) is 0 Å². The molecule has 0 aromatic rings. The van der Waals surface area contributed by atoms with Crippen molar-refractivity contribution in [1.29, 1.82) is 0 Å². The zero-order valence-corrected chi connectivity index (χ0v) is 105. The number of nitrogens with zero attached hydrogens (tertiary/aromatic N) is 14. The van der Waals surface area contributed by atoms with E-state index in [9.17, 15) is 38.4 Å². The molecule has 0 rings (SSSR count). The number of esters is 8. The first kappa shape index (κ1) is 154. The molecule has 0 spiro atoms. The van der Waals surface area contributed by atoms with Gasteiger partial charge in [0.1, 0.15) is 151 Å². The standard InChI is InChI=1S/C26H58N2.C20H46N2.C15H32N2O4.2C14H30N2O4.C14H34N2.C13H28N2O4/c1-7-13-19-27(20-14-8-2,21-15-9-3)25-26-28(22-16-10-4,23-17-11-5)24-18-12-6;1-7-13-21(14-8-2,15-9-3)19-20-22(16-10-4,17-11-5)18-12-6;1-16(2,3)10-12-20-14(18)8-7-9-15(19)21-13-11-17(4,5)6;2*1-15(2,3)9-11-19-13(17)7-8-14(18)20-12-10-16(4,5)6;1-7-15(8-2,9-3)13-14-16(10-4,11-5)12-6;1-14(2,3)7-9-18-12(16)11-13(17)19-10-8-15(4,5)6/h7-26H2,1-6H3;7-20H2,1-6H3;7-13H2,1-6H3;2*7-12H2,1-6H3;7-14H2,1-6H3;7-11H2,1-6H3/q7*+2. The Morgan fingerprint density at radius 1 is 0.137 bits per heavy atom. The molecule has 874 valence electrons. The average Bonchev–Trinajstić information content (AvgIpc) is 0.845. The van der Waals surface area contributed by atoms with Gasteiger partial charge in [0, 0.05) is 12.8 Å². The molecule has 146 heavy (non-hydrogen) atoms. The van der Waals surface area contributed by atoms with Crippen molar-refractivity contribution < 1.29 is 139 Å². The molecule has 0 atom stereocenters. The highest BCUT2D eigenvalue weighted by atomic mass is 16.6. The van der Waals surface area contributed by atoms with Crippen LogP contribution >= 0.6 is 0 Å². The van der Waals surface area contributed by atoms with Crippen molar-refractivity contribution in [3.63, 3.8) is 0 Å². The van der Waals surface area contributed by atoms with E-state index in [0.29, 0.717) is 81.3 Å². The highest BCUT2D eigenvalue weighted by molar-refractivity contribution is 5.91. The van der Waals surface area contributed by atoms with E-state index >= 15 is 0 Å². The van der Waals surface area contributed by atoms with Crippen LogP contribution in [0.1, 0.15) is 292 Å². The maximum Gasteiger partial charge on any atom is 0.317 e. The Balaban J connectivity index is -0.000000310. The number of likely N-dealkylation sites (N-methyl/N-ethyl adjacent to an activating group) is 10. The molecule has 30 heteroatoms. The van der Waals surface area contributed by atoms with E-state index < -0.39 is 11.9 Å². The quantitative estimate of drug-likeness (QED) is 0.0240. The molecular weight excluding hydrogens is 1850 g/mol. The molecule has 0 aliphatic heterocycles. The first-order valence-electron chi connectivity index (χ1n) is 58.5. The number of hydrogen-bond donors (Lipinski definition) is 0. The third-order valence-electron chi connectivity index (χ3n) is 27.6. The normalized spacial score (nSPS) is 12.4. The molecule has 0 amide bonds. The fraction of sp³-hybridized carbons (Fsp3) is 0.931. The molecule has 30 nitrogen and oxygen atoms in total. The largest absolute Gasteiger partial charge is 0.460 e. The summed E-state index contributed by atoms with van der Waals surface area (Å²) in [5.41, 5.74) is 0. The van der Waals surface area contributed by atoms with Gasteiger partial charge >= 0.3 is 47.8 Å². The Morgan fingerprint density at radius 3 is 0.397 bits per heavy atom. The van der Waals surface area contributed by atoms with Crippen molar-refractivity contribution in [3.8, 4) is 0 Å². The molecule has 0 fully saturated rings. The summed E-state index contributed by atoms with van der Waals surface area (Å²) < 4.78 is 54.5. The molecule has 0 aliphatic carbocycles. The van der Waals surface area contributed by atoms with Crippen LogP contribution < -0.4 is 0 Å². The highest BCUT2D eigenvalue weighted by Crippen LogP contribution is 2.23. The number of quaternary nitrogens is 14. The van der Waals surface area contributed by atoms with Crippen molar-refractivity contribution in [1.82, 2.24) is 0 Å². The van der Waals surface area contributed by atoms with E-state index in [-0.39, 0.29) is 80.8 Å². The van der Waals surface area contributed by atoms with Gasteiger partial charge in [-0.2, -0.15) is 0 Å². The second kappa shape index (κ2) is 86.5. The van der Waals surface area contributed by atoms with E-state index in [1.807, 2.05) is 169 Å². The van der Waals surface area contributed by atoms with Gasteiger partial charge in [-0.1, -0.05) is 122 Å². The average molecular weight is 2110 g/mol. The number of ether oxygens (including phenoxy) is 8. The van der Waals surface area contributed by atoms with E-state index in [0.717, 1.165) is 66.2 Å². The monoisotopic (exact) mass is 2100 g/mol. The summed E-state index contributed by atoms with van der Waals surface area (Å²) >= 11 is 0. The van der Waals surface area contributed by atoms with Crippen molar-refractivity contribution >= 4 is 47.8 Å². The van der Waals surface area contributed by atoms with Crippen LogP contribution in [0.5, 0.6) is 0 Å². The molecule has 0 saturated carbocycles. The van der Waals surface area contributed by atoms with Crippen LogP contribution in [0.3, 0.4) is 0 Å². The van der Waals surface area contributed by atoms with Crippen LogP contribution in [0.2, 0.25) is 0 Å². The number of rotatable bonds is 81. The molecule has 0 radical (unpaired) electrons. The number of carbonyl (C=O) groups excluding carboxylic acids is 8. The van der Waals surface area contributed by atoms with E-state index in [1.54, 1.807) is 0 Å². The molecule has 0 saturated heterocycles. The summed E-state index contributed by atoms with van der Waals surface area (Å²) in [5.74, 6) is -2.93. The third-order valence-corrected chi connectivity index (χ3v) is 27.6. The van der Waals surface area contributed by atoms with Crippen LogP contribution in [0.4, 0.5) is 0 Å². The SMILES string of the molecule is CCCC[N+](CCCC)(CCCC)CC[N+](CCCC)(CCCC)CCCC.CCC[N+](CCC)(CCC)CC[N+](CCC)(CCC)CCC.CC[N+](CC)(CC)CC[N+](CC)(CC)CC.C[N+](C)(C)CCOC(=O)CC(=O)OCC[N+](C)(C)C.C[N+](C)(C)CCOC(=O)CCC(=O)OCC[N+](C)(C)C.C[N+](C)(C)CCOC(=O)CCC(=O)OCC[N+](C)(C)C.C[N+](C)(C)CCOC(=O)CCCC(=O)OCC[N+](C)(C)C. The summed E-state index contributed by atoms with van der Waals surface area (Å²) in [5, 5.41) is 0. The van der Waals surface area contributed by atoms with Gasteiger partial charge in [0.15, 0.2) is 0 Å². The summed E-state index contributed by atoms with van der Waals surface area (Å²) in [6.07, 6.45) is 25.5. The topological polar surface area (TPSA) is 210 Å². The van der Waals surface area contributed by atoms with Gasteiger partial charge in [0.05, 0.1) is 313 Å². The Bertz CT molecular complexity index is 2810.